The molecule has 1 fully saturated rings. The molecule has 1 aliphatic heterocycles. The maximum absolute atomic E-state index is 2.46. The largest absolute Gasteiger partial charge is 0.0692 e. The summed E-state index contributed by atoms with van der Waals surface area (Å²) in [5.74, 6) is 0. The van der Waals surface area contributed by atoms with E-state index in [0.717, 1.165) is 5.54 Å². The van der Waals surface area contributed by atoms with Crippen LogP contribution in [0, 0.1) is 0 Å². The molecule has 36 valence electrons. The Labute approximate surface area is 40.6 Å². The van der Waals surface area contributed by atoms with Crippen molar-refractivity contribution in [3.63, 3.8) is 0 Å². The predicted molar refractivity (Wildman–Crippen MR) is 31.7 cm³/mol. The molecule has 0 nitrogen and oxygen atoms in total. The molecule has 0 radical (unpaired) electrons. The van der Waals surface area contributed by atoms with Crippen LogP contribution in [0.15, 0.2) is 0 Å². The molecule has 0 saturated carbocycles. The summed E-state index contributed by atoms with van der Waals surface area (Å²) in [5.41, 5.74) is 1.14. The molecule has 1 heteroatoms. The van der Waals surface area contributed by atoms with Crippen molar-refractivity contribution >= 4 is 8.07 Å². The second-order valence-corrected chi connectivity index (χ2v) is 8.46. The summed E-state index contributed by atoms with van der Waals surface area (Å²) in [4.78, 5) is 0. The van der Waals surface area contributed by atoms with E-state index in [-0.39, 0.29) is 0 Å². The van der Waals surface area contributed by atoms with Gasteiger partial charge in [0.2, 0.25) is 0 Å². The molecule has 1 rings (SSSR count). The van der Waals surface area contributed by atoms with Crippen LogP contribution in [0.2, 0.25) is 24.7 Å². The maximum atomic E-state index is 2.46. The Morgan fingerprint density at radius 1 is 1.50 bits per heavy atom. The van der Waals surface area contributed by atoms with Crippen molar-refractivity contribution < 1.29 is 0 Å². The van der Waals surface area contributed by atoms with E-state index in [1.807, 2.05) is 0 Å². The first kappa shape index (κ1) is 4.38. The minimum atomic E-state index is -0.465. The van der Waals surface area contributed by atoms with Gasteiger partial charge in [-0.15, -0.1) is 0 Å². The van der Waals surface area contributed by atoms with Gasteiger partial charge in [-0.2, -0.15) is 0 Å². The Bertz CT molecular complexity index is 66.3. The zero-order chi connectivity index (χ0) is 4.78. The standard InChI is InChI=1S/C5H12Si/c1-5-4-6(5,2)3/h5H,4H2,1-3H3. The van der Waals surface area contributed by atoms with Crippen LogP contribution in [0.25, 0.3) is 0 Å². The highest BCUT2D eigenvalue weighted by molar-refractivity contribution is 6.88. The van der Waals surface area contributed by atoms with Crippen molar-refractivity contribution in [1.29, 1.82) is 0 Å². The summed E-state index contributed by atoms with van der Waals surface area (Å²) >= 11 is 0. The molecule has 0 aromatic rings. The first-order valence-electron chi connectivity index (χ1n) is 2.63. The van der Waals surface area contributed by atoms with Crippen molar-refractivity contribution in [1.82, 2.24) is 0 Å². The molecule has 0 amide bonds. The fraction of sp³-hybridized carbons (Fsp3) is 1.00. The van der Waals surface area contributed by atoms with E-state index in [2.05, 4.69) is 20.0 Å². The molecule has 0 N–H and O–H groups in total. The predicted octanol–water partition coefficient (Wildman–Crippen LogP) is 2.10. The van der Waals surface area contributed by atoms with Gasteiger partial charge in [-0.3, -0.25) is 0 Å². The van der Waals surface area contributed by atoms with Crippen LogP contribution in [-0.2, 0) is 0 Å². The third-order valence-corrected chi connectivity index (χ3v) is 6.02. The van der Waals surface area contributed by atoms with Gasteiger partial charge in [-0.1, -0.05) is 31.6 Å². The van der Waals surface area contributed by atoms with E-state index in [4.69, 9.17) is 0 Å². The normalized spacial score (nSPS) is 39.5. The molecule has 0 aromatic carbocycles. The molecule has 0 aromatic heterocycles. The quantitative estimate of drug-likeness (QED) is 0.409. The van der Waals surface area contributed by atoms with Gasteiger partial charge in [0.1, 0.15) is 0 Å². The van der Waals surface area contributed by atoms with Crippen LogP contribution in [0.5, 0.6) is 0 Å². The van der Waals surface area contributed by atoms with Gasteiger partial charge in [0.15, 0.2) is 0 Å². The molecule has 0 bridgehead atoms. The molecular formula is C5H12Si. The Kier molecular flexibility index (Phi) is 0.648. The second kappa shape index (κ2) is 0.889. The molecule has 1 aliphatic rings. The minimum Gasteiger partial charge on any atom is -0.0692 e. The summed E-state index contributed by atoms with van der Waals surface area (Å²) in [7, 11) is -0.465. The zero-order valence-corrected chi connectivity index (χ0v) is 5.78. The third kappa shape index (κ3) is 0.514. The lowest BCUT2D eigenvalue weighted by Gasteiger charge is -1.88. The van der Waals surface area contributed by atoms with Crippen molar-refractivity contribution in [3.8, 4) is 0 Å². The van der Waals surface area contributed by atoms with Gasteiger partial charge in [-0.25, -0.2) is 0 Å². The third-order valence-electron chi connectivity index (χ3n) is 2.01. The highest BCUT2D eigenvalue weighted by Crippen LogP contribution is 2.47. The van der Waals surface area contributed by atoms with Crippen molar-refractivity contribution in [3.05, 3.63) is 0 Å². The van der Waals surface area contributed by atoms with Gasteiger partial charge in [0.05, 0.1) is 0 Å². The Balaban J connectivity index is 2.41. The summed E-state index contributed by atoms with van der Waals surface area (Å²) in [5, 5.41) is 0. The molecular weight excluding hydrogens is 88.1 g/mol. The molecule has 0 spiro atoms. The van der Waals surface area contributed by atoms with Gasteiger partial charge in [0.25, 0.3) is 0 Å². The van der Waals surface area contributed by atoms with Crippen LogP contribution in [0.4, 0.5) is 0 Å². The van der Waals surface area contributed by atoms with E-state index in [0.29, 0.717) is 0 Å². The van der Waals surface area contributed by atoms with Crippen molar-refractivity contribution in [2.75, 3.05) is 0 Å². The van der Waals surface area contributed by atoms with Crippen molar-refractivity contribution in [2.24, 2.45) is 0 Å². The smallest absolute Gasteiger partial charge is 0.0499 e. The van der Waals surface area contributed by atoms with E-state index >= 15 is 0 Å². The summed E-state index contributed by atoms with van der Waals surface area (Å²) in [6.07, 6.45) is 0. The Morgan fingerprint density at radius 2 is 1.67 bits per heavy atom. The highest BCUT2D eigenvalue weighted by Gasteiger charge is 2.43. The molecule has 1 saturated heterocycles. The SMILES string of the molecule is CC1C[Si]1(C)C. The molecule has 0 aliphatic carbocycles. The highest BCUT2D eigenvalue weighted by atomic mass is 28.3. The number of rotatable bonds is 0. The average Bonchev–Trinajstić information content (AvgIpc) is 1.73. The van der Waals surface area contributed by atoms with E-state index in [1.54, 1.807) is 6.04 Å². The summed E-state index contributed by atoms with van der Waals surface area (Å²) in [6, 6.07) is 1.58. The van der Waals surface area contributed by atoms with Gasteiger partial charge >= 0.3 is 0 Å². The molecule has 1 heterocycles. The van der Waals surface area contributed by atoms with E-state index < -0.39 is 8.07 Å². The zero-order valence-electron chi connectivity index (χ0n) is 4.78. The molecule has 1 unspecified atom stereocenters. The molecule has 1 atom stereocenters. The lowest BCUT2D eigenvalue weighted by molar-refractivity contribution is 1.21. The number of hydrogen-bond donors (Lipinski definition) is 0. The maximum Gasteiger partial charge on any atom is 0.0499 e. The first-order chi connectivity index (χ1) is 2.63. The van der Waals surface area contributed by atoms with Crippen LogP contribution >= 0.6 is 0 Å². The number of hydrogen-bond acceptors (Lipinski definition) is 0. The minimum absolute atomic E-state index is 0.465. The fourth-order valence-electron chi connectivity index (χ4n) is 0.730. The Morgan fingerprint density at radius 3 is 1.67 bits per heavy atom. The van der Waals surface area contributed by atoms with Gasteiger partial charge in [0, 0.05) is 8.07 Å². The van der Waals surface area contributed by atoms with E-state index in [1.165, 1.54) is 0 Å². The van der Waals surface area contributed by atoms with Crippen molar-refractivity contribution in [2.45, 2.75) is 31.6 Å². The Hall–Kier alpha value is 0.217. The lowest BCUT2D eigenvalue weighted by atomic mass is 10.6. The van der Waals surface area contributed by atoms with Crippen LogP contribution in [0.1, 0.15) is 6.92 Å². The second-order valence-electron chi connectivity index (χ2n) is 3.09. The fourth-order valence-corrected chi connectivity index (χ4v) is 3.42. The van der Waals surface area contributed by atoms with Crippen LogP contribution in [0.3, 0.4) is 0 Å². The summed E-state index contributed by atoms with van der Waals surface area (Å²) < 4.78 is 0. The van der Waals surface area contributed by atoms with Gasteiger partial charge < -0.3 is 0 Å². The first-order valence-corrected chi connectivity index (χ1v) is 5.91. The topological polar surface area (TPSA) is 0 Å². The monoisotopic (exact) mass is 100 g/mol. The van der Waals surface area contributed by atoms with Crippen LogP contribution < -0.4 is 0 Å². The van der Waals surface area contributed by atoms with Crippen LogP contribution in [-0.4, -0.2) is 8.07 Å². The molecule has 6 heavy (non-hydrogen) atoms. The van der Waals surface area contributed by atoms with Gasteiger partial charge in [-0.05, 0) is 0 Å². The lowest BCUT2D eigenvalue weighted by Crippen LogP contribution is -1.98. The average molecular weight is 100 g/mol. The van der Waals surface area contributed by atoms with E-state index in [9.17, 15) is 0 Å². The summed E-state index contributed by atoms with van der Waals surface area (Å²) in [6.45, 7) is 7.28.